The normalized spacial score (nSPS) is 12.6. The van der Waals surface area contributed by atoms with Crippen LogP contribution in [0, 0.1) is 0 Å². The van der Waals surface area contributed by atoms with Crippen molar-refractivity contribution in [3.05, 3.63) is 488 Å². The van der Waals surface area contributed by atoms with Crippen LogP contribution < -0.4 is 14.2 Å². The Morgan fingerprint density at radius 2 is 0.336 bits per heavy atom. The van der Waals surface area contributed by atoms with Gasteiger partial charge < -0.3 is 65.3 Å². The van der Waals surface area contributed by atoms with Crippen LogP contribution in [0.15, 0.2) is 388 Å². The molecule has 0 saturated heterocycles. The fraction of sp³-hybridized carbons (Fsp3) is 0.163. The van der Waals surface area contributed by atoms with Crippen LogP contribution in [0.2, 0.25) is 0 Å². The first-order valence-corrected chi connectivity index (χ1v) is 45.8. The Balaban J connectivity index is 1.03. The van der Waals surface area contributed by atoms with Crippen LogP contribution in [0.3, 0.4) is 0 Å². The molecule has 0 amide bonds. The standard InChI is InChI=1S/C123H110O14/c1-116(2,85-29-53-97(124)54-30-85)81-21-13-77(14-22-81)109-111(79-17-25-83(26-18-79)118(5,6)87-33-57-99(126)58-34-87)114(123(134,136-107-73-49-92(50-74-107)121(11,12)90-39-63-102(129)64-40-90)137-108-75-51-96(52-76-108)122(93-41-65-103(130)66-42-93,94-43-67-104(131)68-44-94)95-45-69-105(132)70-46-95)112(80-19-27-84(28-20-80)119(7,8)88-35-59-100(127)60-36-88)110(78-15-23-82(24-16-78)117(3,4)86-31-55-98(125)56-32-86)113(109)115(133)135-106-71-47-91(48-72-106)120(9,10)89-37-61-101(128)62-38-89/h13-76,124-132,134H,1-12H3. The molecule has 14 nitrogen and oxygen atoms in total. The van der Waals surface area contributed by atoms with Gasteiger partial charge in [0.05, 0.1) is 16.5 Å². The molecular formula is C123H110O14. The van der Waals surface area contributed by atoms with Crippen molar-refractivity contribution in [2.75, 3.05) is 0 Å². The van der Waals surface area contributed by atoms with Crippen LogP contribution in [0.1, 0.15) is 188 Å². The molecule has 17 aromatic rings. The lowest BCUT2D eigenvalue weighted by molar-refractivity contribution is -0.283. The highest BCUT2D eigenvalue weighted by Gasteiger charge is 2.48. The summed E-state index contributed by atoms with van der Waals surface area (Å²) in [5, 5.41) is 113. The van der Waals surface area contributed by atoms with E-state index in [2.05, 4.69) is 83.1 Å². The van der Waals surface area contributed by atoms with E-state index in [9.17, 15) is 46.0 Å². The zero-order chi connectivity index (χ0) is 96.9. The van der Waals surface area contributed by atoms with Gasteiger partial charge in [0.1, 0.15) is 69.0 Å². The number of rotatable bonds is 27. The van der Waals surface area contributed by atoms with E-state index in [0.29, 0.717) is 44.5 Å². The van der Waals surface area contributed by atoms with Crippen LogP contribution in [-0.4, -0.2) is 57.0 Å². The second-order valence-corrected chi connectivity index (χ2v) is 38.7. The minimum Gasteiger partial charge on any atom is -0.508 e. The van der Waals surface area contributed by atoms with Gasteiger partial charge in [0.15, 0.2) is 0 Å². The molecule has 0 aliphatic carbocycles. The number of hydrogen-bond acceptors (Lipinski definition) is 14. The predicted octanol–water partition coefficient (Wildman–Crippen LogP) is 27.5. The first kappa shape index (κ1) is 92.8. The Kier molecular flexibility index (Phi) is 24.7. The van der Waals surface area contributed by atoms with E-state index >= 15 is 9.90 Å². The molecule has 1 atom stereocenters. The van der Waals surface area contributed by atoms with Crippen LogP contribution in [-0.2, 0) is 43.9 Å². The van der Waals surface area contributed by atoms with Crippen LogP contribution in [0.5, 0.6) is 69.0 Å². The molecular weight excluding hydrogens is 1700 g/mol. The number of carbonyl (C=O) groups excluding carboxylic acids is 1. The van der Waals surface area contributed by atoms with Crippen LogP contribution in [0.25, 0.3) is 44.5 Å². The van der Waals surface area contributed by atoms with Gasteiger partial charge in [-0.2, -0.15) is 0 Å². The molecule has 0 spiro atoms. The fourth-order valence-electron chi connectivity index (χ4n) is 19.3. The van der Waals surface area contributed by atoms with Gasteiger partial charge in [-0.1, -0.05) is 326 Å². The number of ether oxygens (including phenoxy) is 3. The molecule has 137 heavy (non-hydrogen) atoms. The molecule has 14 heteroatoms. The number of esters is 1. The summed E-state index contributed by atoms with van der Waals surface area (Å²) in [6.07, 6.45) is 0. The molecule has 686 valence electrons. The Labute approximate surface area is 799 Å². The van der Waals surface area contributed by atoms with Gasteiger partial charge in [-0.05, 0) is 257 Å². The number of carbonyl (C=O) groups is 1. The van der Waals surface area contributed by atoms with Gasteiger partial charge in [0.25, 0.3) is 0 Å². The first-order chi connectivity index (χ1) is 65.3. The number of benzene rings is 17. The summed E-state index contributed by atoms with van der Waals surface area (Å²) in [6.45, 7) is 25.2. The number of aliphatic hydroxyl groups is 1. The molecule has 0 aliphatic rings. The predicted molar refractivity (Wildman–Crippen MR) is 542 cm³/mol. The Morgan fingerprint density at radius 3 is 0.526 bits per heavy atom. The summed E-state index contributed by atoms with van der Waals surface area (Å²) in [4.78, 5) is 17.9. The highest BCUT2D eigenvalue weighted by molar-refractivity contribution is 6.14. The van der Waals surface area contributed by atoms with E-state index in [1.54, 1.807) is 146 Å². The quantitative estimate of drug-likeness (QED) is 0.00996. The number of phenolic OH excluding ortho intramolecular Hbond substituents is 9. The summed E-state index contributed by atoms with van der Waals surface area (Å²) < 4.78 is 22.7. The molecule has 0 aromatic heterocycles. The maximum absolute atomic E-state index is 17.9. The Bertz CT molecular complexity index is 6840. The smallest absolute Gasteiger partial charge is 0.400 e. The molecule has 1 unspecified atom stereocenters. The average Bonchev–Trinajstić information content (AvgIpc) is 0.702. The lowest BCUT2D eigenvalue weighted by Crippen LogP contribution is -2.41. The largest absolute Gasteiger partial charge is 0.508 e. The maximum atomic E-state index is 17.9. The summed E-state index contributed by atoms with van der Waals surface area (Å²) >= 11 is 0. The van der Waals surface area contributed by atoms with Crippen molar-refractivity contribution in [2.45, 2.75) is 127 Å². The van der Waals surface area contributed by atoms with Gasteiger partial charge in [-0.15, -0.1) is 0 Å². The van der Waals surface area contributed by atoms with Gasteiger partial charge in [0.2, 0.25) is 0 Å². The zero-order valence-electron chi connectivity index (χ0n) is 78.6. The minimum absolute atomic E-state index is 0.00200. The molecule has 17 aromatic carbocycles. The number of phenols is 9. The second kappa shape index (κ2) is 36.4. The van der Waals surface area contributed by atoms with Gasteiger partial charge in [-0.25, -0.2) is 4.79 Å². The van der Waals surface area contributed by atoms with E-state index in [1.807, 2.05) is 243 Å². The van der Waals surface area contributed by atoms with Gasteiger partial charge >= 0.3 is 11.9 Å². The third-order valence-electron chi connectivity index (χ3n) is 28.2. The molecule has 17 rings (SSSR count). The topological polar surface area (TPSA) is 247 Å². The number of aromatic hydroxyl groups is 9. The number of hydrogen-bond donors (Lipinski definition) is 10. The summed E-state index contributed by atoms with van der Waals surface area (Å²) in [7, 11) is 0. The van der Waals surface area contributed by atoms with E-state index in [1.165, 1.54) is 0 Å². The van der Waals surface area contributed by atoms with Crippen molar-refractivity contribution in [2.24, 2.45) is 0 Å². The average molecular weight is 1810 g/mol. The zero-order valence-corrected chi connectivity index (χ0v) is 78.6. The molecule has 0 aliphatic heterocycles. The van der Waals surface area contributed by atoms with Crippen molar-refractivity contribution < 1.29 is 70.1 Å². The van der Waals surface area contributed by atoms with Gasteiger partial charge in [-0.3, -0.25) is 0 Å². The Hall–Kier alpha value is -16.0. The lowest BCUT2D eigenvalue weighted by atomic mass is 9.65. The van der Waals surface area contributed by atoms with E-state index in [4.69, 9.17) is 14.2 Å². The first-order valence-electron chi connectivity index (χ1n) is 45.8. The molecule has 0 radical (unpaired) electrons. The fourth-order valence-corrected chi connectivity index (χ4v) is 19.3. The highest BCUT2D eigenvalue weighted by Crippen LogP contribution is 2.57. The van der Waals surface area contributed by atoms with Crippen molar-refractivity contribution in [3.8, 4) is 114 Å². The highest BCUT2D eigenvalue weighted by atomic mass is 16.8. The van der Waals surface area contributed by atoms with E-state index in [0.717, 1.165) is 66.8 Å². The lowest BCUT2D eigenvalue weighted by Gasteiger charge is -2.38. The monoisotopic (exact) mass is 1810 g/mol. The molecule has 10 N–H and O–H groups in total. The van der Waals surface area contributed by atoms with Crippen molar-refractivity contribution in [1.29, 1.82) is 0 Å². The van der Waals surface area contributed by atoms with Gasteiger partial charge in [0, 0.05) is 54.7 Å². The molecule has 0 heterocycles. The second-order valence-electron chi connectivity index (χ2n) is 38.7. The molecule has 0 saturated carbocycles. The third-order valence-corrected chi connectivity index (χ3v) is 28.2. The minimum atomic E-state index is -3.11. The van der Waals surface area contributed by atoms with Crippen LogP contribution in [0.4, 0.5) is 0 Å². The molecule has 0 bridgehead atoms. The maximum Gasteiger partial charge on any atom is 0.400 e. The summed E-state index contributed by atoms with van der Waals surface area (Å²) in [6, 6.07) is 117. The Morgan fingerprint density at radius 1 is 0.190 bits per heavy atom. The van der Waals surface area contributed by atoms with E-state index < -0.39 is 49.8 Å². The summed E-state index contributed by atoms with van der Waals surface area (Å²) in [5.74, 6) is -2.80. The SMILES string of the molecule is CC(C)(c1ccc(O)cc1)c1ccc(OC(=O)c2c(-c3ccc(C(C)(C)c4ccc(O)cc4)cc3)c(-c3ccc(C(C)(C)c4ccc(O)cc4)cc3)c(C(O)(Oc3ccc(C(C)(C)c4ccc(O)cc4)cc3)Oc3ccc(C(c4ccc(O)cc4)(c4ccc(O)cc4)c4ccc(O)cc4)cc3)c(-c3ccc(C(C)(C)c4ccc(O)cc4)cc3)c2-c2ccc(C(C)(C)c3ccc(O)cc3)cc2)cc1. The van der Waals surface area contributed by atoms with E-state index in [-0.39, 0.29) is 102 Å². The molecule has 0 fully saturated rings. The van der Waals surface area contributed by atoms with Crippen molar-refractivity contribution >= 4 is 5.97 Å². The van der Waals surface area contributed by atoms with Crippen LogP contribution >= 0.6 is 0 Å². The van der Waals surface area contributed by atoms with Crippen molar-refractivity contribution in [3.63, 3.8) is 0 Å². The van der Waals surface area contributed by atoms with Crippen molar-refractivity contribution in [1.82, 2.24) is 0 Å². The third kappa shape index (κ3) is 18.1. The summed E-state index contributed by atoms with van der Waals surface area (Å²) in [5.41, 5.74) is 10.9.